The van der Waals surface area contributed by atoms with Crippen molar-refractivity contribution < 1.29 is 9.53 Å². The summed E-state index contributed by atoms with van der Waals surface area (Å²) in [4.78, 5) is 13.0. The topological polar surface area (TPSA) is 67.9 Å². The highest BCUT2D eigenvalue weighted by Crippen LogP contribution is 2.26. The van der Waals surface area contributed by atoms with Gasteiger partial charge in [-0.1, -0.05) is 60.7 Å². The molecule has 4 aromatic rings. The van der Waals surface area contributed by atoms with Crippen molar-refractivity contribution in [3.63, 3.8) is 0 Å². The van der Waals surface area contributed by atoms with E-state index in [1.54, 1.807) is 35.0 Å². The van der Waals surface area contributed by atoms with Gasteiger partial charge < -0.3 is 4.74 Å². The highest BCUT2D eigenvalue weighted by atomic mass is 16.5. The van der Waals surface area contributed by atoms with Gasteiger partial charge in [0.05, 0.1) is 18.5 Å². The monoisotopic (exact) mass is 405 g/mol. The number of ketones is 1. The van der Waals surface area contributed by atoms with E-state index in [0.717, 1.165) is 11.3 Å². The molecule has 1 aromatic heterocycles. The number of nitrogens with zero attached hydrogens (tertiary/aromatic N) is 3. The van der Waals surface area contributed by atoms with Gasteiger partial charge in [0.15, 0.2) is 0 Å². The zero-order chi connectivity index (χ0) is 21.6. The van der Waals surface area contributed by atoms with Crippen molar-refractivity contribution in [1.29, 1.82) is 5.26 Å². The van der Waals surface area contributed by atoms with Gasteiger partial charge in [0.1, 0.15) is 17.4 Å². The van der Waals surface area contributed by atoms with Gasteiger partial charge in [-0.15, -0.1) is 0 Å². The number of carbonyl (C=O) groups excluding carboxylic acids is 1. The third-order valence-corrected chi connectivity index (χ3v) is 4.81. The van der Waals surface area contributed by atoms with Crippen LogP contribution in [0, 0.1) is 11.3 Å². The summed E-state index contributed by atoms with van der Waals surface area (Å²) in [6.45, 7) is 0. The van der Waals surface area contributed by atoms with Crippen LogP contribution in [-0.2, 0) is 0 Å². The molecule has 0 aliphatic heterocycles. The molecule has 0 spiro atoms. The Morgan fingerprint density at radius 3 is 2.39 bits per heavy atom. The van der Waals surface area contributed by atoms with E-state index in [1.165, 1.54) is 7.11 Å². The largest absolute Gasteiger partial charge is 0.497 e. The Labute approximate surface area is 180 Å². The summed E-state index contributed by atoms with van der Waals surface area (Å²) < 4.78 is 6.95. The number of nitriles is 1. The van der Waals surface area contributed by atoms with Crippen molar-refractivity contribution in [1.82, 2.24) is 9.78 Å². The minimum Gasteiger partial charge on any atom is -0.497 e. The van der Waals surface area contributed by atoms with Gasteiger partial charge >= 0.3 is 0 Å². The van der Waals surface area contributed by atoms with E-state index in [9.17, 15) is 10.1 Å². The zero-order valence-electron chi connectivity index (χ0n) is 16.9. The molecule has 0 N–H and O–H groups in total. The van der Waals surface area contributed by atoms with Crippen LogP contribution in [-0.4, -0.2) is 22.7 Å². The lowest BCUT2D eigenvalue weighted by molar-refractivity contribution is 0.103. The molecule has 0 aliphatic rings. The van der Waals surface area contributed by atoms with Crippen LogP contribution in [0.15, 0.2) is 96.7 Å². The van der Waals surface area contributed by atoms with Gasteiger partial charge in [-0.2, -0.15) is 10.4 Å². The van der Waals surface area contributed by atoms with E-state index in [-0.39, 0.29) is 11.4 Å². The molecule has 0 bridgehead atoms. The van der Waals surface area contributed by atoms with E-state index in [4.69, 9.17) is 9.84 Å². The van der Waals surface area contributed by atoms with Gasteiger partial charge in [-0.05, 0) is 30.3 Å². The Morgan fingerprint density at radius 1 is 1.00 bits per heavy atom. The van der Waals surface area contributed by atoms with Crippen LogP contribution in [0.5, 0.6) is 5.75 Å². The average Bonchev–Trinajstić information content (AvgIpc) is 3.27. The number of benzene rings is 3. The van der Waals surface area contributed by atoms with Crippen molar-refractivity contribution in [2.24, 2.45) is 0 Å². The fourth-order valence-electron chi connectivity index (χ4n) is 3.25. The molecule has 0 aliphatic carbocycles. The molecule has 4 rings (SSSR count). The molecule has 1 heterocycles. The first kappa shape index (κ1) is 19.9. The van der Waals surface area contributed by atoms with Gasteiger partial charge in [-0.25, -0.2) is 4.68 Å². The molecular weight excluding hydrogens is 386 g/mol. The average molecular weight is 405 g/mol. The van der Waals surface area contributed by atoms with E-state index in [2.05, 4.69) is 0 Å². The SMILES string of the molecule is COc1cccc(C(=O)/C(C#N)=C/c2cn(-c3ccccc3)nc2-c2ccccc2)c1. The van der Waals surface area contributed by atoms with Crippen molar-refractivity contribution >= 4 is 11.9 Å². The van der Waals surface area contributed by atoms with Crippen LogP contribution in [0.25, 0.3) is 23.0 Å². The van der Waals surface area contributed by atoms with Crippen LogP contribution in [0.3, 0.4) is 0 Å². The second kappa shape index (κ2) is 8.93. The maximum atomic E-state index is 13.0. The summed E-state index contributed by atoms with van der Waals surface area (Å²) >= 11 is 0. The summed E-state index contributed by atoms with van der Waals surface area (Å²) in [7, 11) is 1.54. The number of hydrogen-bond acceptors (Lipinski definition) is 4. The minimum atomic E-state index is -0.368. The Morgan fingerprint density at radius 2 is 1.71 bits per heavy atom. The van der Waals surface area contributed by atoms with E-state index < -0.39 is 0 Å². The van der Waals surface area contributed by atoms with Crippen molar-refractivity contribution in [3.05, 3.63) is 108 Å². The first-order valence-corrected chi connectivity index (χ1v) is 9.70. The molecule has 5 nitrogen and oxygen atoms in total. The second-order valence-corrected chi connectivity index (χ2v) is 6.81. The number of carbonyl (C=O) groups is 1. The number of ether oxygens (including phenoxy) is 1. The molecular formula is C26H19N3O2. The molecule has 0 saturated carbocycles. The lowest BCUT2D eigenvalue weighted by Gasteiger charge is -2.03. The number of rotatable bonds is 6. The third kappa shape index (κ3) is 4.29. The number of allylic oxidation sites excluding steroid dienone is 1. The molecule has 0 unspecified atom stereocenters. The van der Waals surface area contributed by atoms with Crippen LogP contribution in [0.2, 0.25) is 0 Å². The molecule has 0 radical (unpaired) electrons. The molecule has 31 heavy (non-hydrogen) atoms. The van der Waals surface area contributed by atoms with Crippen molar-refractivity contribution in [2.75, 3.05) is 7.11 Å². The number of methoxy groups -OCH3 is 1. The summed E-state index contributed by atoms with van der Waals surface area (Å²) in [5.74, 6) is 0.192. The summed E-state index contributed by atoms with van der Waals surface area (Å²) in [6, 6.07) is 28.2. The molecule has 5 heteroatoms. The number of hydrogen-bond donors (Lipinski definition) is 0. The van der Waals surface area contributed by atoms with Gasteiger partial charge in [-0.3, -0.25) is 4.79 Å². The Balaban J connectivity index is 1.81. The van der Waals surface area contributed by atoms with Crippen molar-refractivity contribution in [2.45, 2.75) is 0 Å². The predicted molar refractivity (Wildman–Crippen MR) is 120 cm³/mol. The third-order valence-electron chi connectivity index (χ3n) is 4.81. The van der Waals surface area contributed by atoms with E-state index in [1.807, 2.05) is 72.9 Å². The number of para-hydroxylation sites is 1. The lowest BCUT2D eigenvalue weighted by Crippen LogP contribution is -2.02. The first-order valence-electron chi connectivity index (χ1n) is 9.70. The Hall–Kier alpha value is -4.43. The minimum absolute atomic E-state index is 0.0260. The van der Waals surface area contributed by atoms with Crippen LogP contribution in [0.1, 0.15) is 15.9 Å². The highest BCUT2D eigenvalue weighted by Gasteiger charge is 2.16. The summed E-state index contributed by atoms with van der Waals surface area (Å²) in [6.07, 6.45) is 3.42. The fraction of sp³-hybridized carbons (Fsp3) is 0.0385. The summed E-state index contributed by atoms with van der Waals surface area (Å²) in [5.41, 5.74) is 3.58. The highest BCUT2D eigenvalue weighted by molar-refractivity contribution is 6.14. The number of aromatic nitrogens is 2. The van der Waals surface area contributed by atoms with Crippen molar-refractivity contribution in [3.8, 4) is 28.8 Å². The first-order chi connectivity index (χ1) is 15.2. The normalized spacial score (nSPS) is 11.0. The molecule has 3 aromatic carbocycles. The quantitative estimate of drug-likeness (QED) is 0.247. The molecule has 0 atom stereocenters. The lowest BCUT2D eigenvalue weighted by atomic mass is 10.0. The van der Waals surface area contributed by atoms with E-state index in [0.29, 0.717) is 22.6 Å². The second-order valence-electron chi connectivity index (χ2n) is 6.81. The van der Waals surface area contributed by atoms with Crippen LogP contribution < -0.4 is 4.74 Å². The van der Waals surface area contributed by atoms with Crippen LogP contribution in [0.4, 0.5) is 0 Å². The predicted octanol–water partition coefficient (Wildman–Crippen LogP) is 5.34. The maximum Gasteiger partial charge on any atom is 0.203 e. The molecule has 150 valence electrons. The Kier molecular flexibility index (Phi) is 5.72. The smallest absolute Gasteiger partial charge is 0.203 e. The summed E-state index contributed by atoms with van der Waals surface area (Å²) in [5, 5.41) is 14.5. The molecule has 0 amide bonds. The van der Waals surface area contributed by atoms with E-state index >= 15 is 0 Å². The van der Waals surface area contributed by atoms with Gasteiger partial charge in [0.25, 0.3) is 0 Å². The zero-order valence-corrected chi connectivity index (χ0v) is 16.9. The van der Waals surface area contributed by atoms with Crippen LogP contribution >= 0.6 is 0 Å². The standard InChI is InChI=1S/C26H19N3O2/c1-31-24-14-8-11-20(16-24)26(30)21(17-27)15-22-18-29(23-12-6-3-7-13-23)28-25(22)19-9-4-2-5-10-19/h2-16,18H,1H3/b21-15+. The number of Topliss-reactive ketones (excluding diaryl/α,β-unsaturated/α-hetero) is 1. The Bertz CT molecular complexity index is 1280. The molecule has 0 fully saturated rings. The van der Waals surface area contributed by atoms with Gasteiger partial charge in [0.2, 0.25) is 5.78 Å². The molecule has 0 saturated heterocycles. The maximum absolute atomic E-state index is 13.0. The fourth-order valence-corrected chi connectivity index (χ4v) is 3.25. The van der Waals surface area contributed by atoms with Gasteiger partial charge in [0, 0.05) is 22.9 Å².